The van der Waals surface area contributed by atoms with Gasteiger partial charge in [0.05, 0.1) is 12.4 Å². The molecule has 4 nitrogen and oxygen atoms in total. The summed E-state index contributed by atoms with van der Waals surface area (Å²) in [6, 6.07) is 1.78. The SMILES string of the molecule is O=c1c(Br)c[nH][n+]2cccn12. The number of hydrogen-bond donors (Lipinski definition) is 1. The third kappa shape index (κ3) is 0.883. The number of aromatic nitrogens is 3. The van der Waals surface area contributed by atoms with Crippen molar-refractivity contribution in [3.63, 3.8) is 0 Å². The molecule has 0 saturated heterocycles. The molecule has 0 amide bonds. The Morgan fingerprint density at radius 1 is 1.64 bits per heavy atom. The molecule has 2 aromatic rings. The van der Waals surface area contributed by atoms with E-state index in [1.54, 1.807) is 29.3 Å². The van der Waals surface area contributed by atoms with Gasteiger partial charge in [-0.15, -0.1) is 5.10 Å². The Morgan fingerprint density at radius 3 is 3.27 bits per heavy atom. The minimum Gasteiger partial charge on any atom is -0.262 e. The number of nitrogens with one attached hydrogen (secondary N) is 1. The summed E-state index contributed by atoms with van der Waals surface area (Å²) >= 11 is 3.12. The van der Waals surface area contributed by atoms with Crippen molar-refractivity contribution in [2.24, 2.45) is 0 Å². The van der Waals surface area contributed by atoms with Crippen LogP contribution in [0.15, 0.2) is 33.9 Å². The van der Waals surface area contributed by atoms with Crippen molar-refractivity contribution in [1.29, 1.82) is 0 Å². The molecule has 0 fully saturated rings. The van der Waals surface area contributed by atoms with Crippen LogP contribution in [0.3, 0.4) is 0 Å². The van der Waals surface area contributed by atoms with Gasteiger partial charge in [0.2, 0.25) is 6.20 Å². The van der Waals surface area contributed by atoms with Gasteiger partial charge in [0.15, 0.2) is 0 Å². The molecule has 0 bridgehead atoms. The second kappa shape index (κ2) is 2.20. The molecular weight excluding hydrogens is 210 g/mol. The standard InChI is InChI=1S/C6H4BrN3O/c7-5-4-8-10-3-1-2-9(10)6(5)11/h1-4H/p+1. The summed E-state index contributed by atoms with van der Waals surface area (Å²) in [7, 11) is 0. The average molecular weight is 215 g/mol. The Labute approximate surface area is 70.2 Å². The molecule has 0 spiro atoms. The van der Waals surface area contributed by atoms with E-state index in [4.69, 9.17) is 0 Å². The first-order valence-electron chi connectivity index (χ1n) is 3.05. The summed E-state index contributed by atoms with van der Waals surface area (Å²) in [5.74, 6) is 0. The van der Waals surface area contributed by atoms with E-state index in [1.165, 1.54) is 4.52 Å². The summed E-state index contributed by atoms with van der Waals surface area (Å²) in [6.45, 7) is 0. The number of H-pyrrole nitrogens is 1. The molecule has 0 aliphatic carbocycles. The molecule has 1 N–H and O–H groups in total. The normalized spacial score (nSPS) is 10.6. The summed E-state index contributed by atoms with van der Waals surface area (Å²) in [5.41, 5.74) is -0.0752. The lowest BCUT2D eigenvalue weighted by atomic mass is 10.7. The van der Waals surface area contributed by atoms with Crippen LogP contribution in [0.5, 0.6) is 0 Å². The lowest BCUT2D eigenvalue weighted by Gasteiger charge is -1.85. The van der Waals surface area contributed by atoms with Gasteiger partial charge < -0.3 is 0 Å². The lowest BCUT2D eigenvalue weighted by Crippen LogP contribution is -2.39. The minimum atomic E-state index is -0.0752. The first kappa shape index (κ1) is 6.60. The number of nitrogens with zero attached hydrogens (tertiary/aromatic N) is 2. The summed E-state index contributed by atoms with van der Waals surface area (Å²) in [5, 5.41) is 2.87. The van der Waals surface area contributed by atoms with Crippen molar-refractivity contribution in [3.05, 3.63) is 39.5 Å². The average Bonchev–Trinajstić information content (AvgIpc) is 2.45. The van der Waals surface area contributed by atoms with Crippen molar-refractivity contribution in [2.75, 3.05) is 0 Å². The summed E-state index contributed by atoms with van der Waals surface area (Å²) < 4.78 is 3.57. The molecule has 5 heteroatoms. The van der Waals surface area contributed by atoms with Gasteiger partial charge in [-0.25, -0.2) is 0 Å². The quantitative estimate of drug-likeness (QED) is 0.616. The molecule has 0 unspecified atom stereocenters. The number of fused-ring (bicyclic) bond motifs is 1. The van der Waals surface area contributed by atoms with Gasteiger partial charge in [-0.1, -0.05) is 4.52 Å². The van der Waals surface area contributed by atoms with Crippen LogP contribution in [0.1, 0.15) is 0 Å². The Hall–Kier alpha value is -1.10. The maximum Gasteiger partial charge on any atom is 0.324 e. The van der Waals surface area contributed by atoms with E-state index < -0.39 is 0 Å². The fourth-order valence-electron chi connectivity index (χ4n) is 0.910. The largest absolute Gasteiger partial charge is 0.324 e. The van der Waals surface area contributed by atoms with Crippen molar-refractivity contribution >= 4 is 15.9 Å². The predicted octanol–water partition coefficient (Wildman–Crippen LogP) is -0.0244. The fourth-order valence-corrected chi connectivity index (χ4v) is 1.19. The van der Waals surface area contributed by atoms with Gasteiger partial charge in [0.25, 0.3) is 0 Å². The van der Waals surface area contributed by atoms with E-state index in [0.29, 0.717) is 4.47 Å². The van der Waals surface area contributed by atoms with E-state index in [1.807, 2.05) is 0 Å². The van der Waals surface area contributed by atoms with Crippen LogP contribution < -0.4 is 10.2 Å². The maximum atomic E-state index is 11.3. The van der Waals surface area contributed by atoms with E-state index >= 15 is 0 Å². The number of hydrogen-bond acceptors (Lipinski definition) is 1. The third-order valence-corrected chi connectivity index (χ3v) is 1.99. The maximum absolute atomic E-state index is 11.3. The first-order chi connectivity index (χ1) is 5.29. The van der Waals surface area contributed by atoms with Gasteiger partial charge in [0.1, 0.15) is 4.47 Å². The van der Waals surface area contributed by atoms with E-state index in [-0.39, 0.29) is 5.56 Å². The highest BCUT2D eigenvalue weighted by molar-refractivity contribution is 9.10. The molecule has 11 heavy (non-hydrogen) atoms. The van der Waals surface area contributed by atoms with Gasteiger partial charge in [-0.3, -0.25) is 4.79 Å². The zero-order valence-electron chi connectivity index (χ0n) is 5.49. The molecule has 2 rings (SSSR count). The van der Waals surface area contributed by atoms with Crippen LogP contribution in [-0.4, -0.2) is 9.61 Å². The molecule has 0 radical (unpaired) electrons. The van der Waals surface area contributed by atoms with Crippen LogP contribution in [-0.2, 0) is 0 Å². The second-order valence-electron chi connectivity index (χ2n) is 2.11. The second-order valence-corrected chi connectivity index (χ2v) is 2.96. The number of rotatable bonds is 0. The first-order valence-corrected chi connectivity index (χ1v) is 3.84. The Balaban J connectivity index is 3.05. The lowest BCUT2D eigenvalue weighted by molar-refractivity contribution is -0.680. The molecule has 0 aromatic carbocycles. The zero-order valence-corrected chi connectivity index (χ0v) is 7.08. The van der Waals surface area contributed by atoms with Crippen molar-refractivity contribution in [3.8, 4) is 0 Å². The van der Waals surface area contributed by atoms with Crippen LogP contribution >= 0.6 is 15.9 Å². The van der Waals surface area contributed by atoms with Crippen molar-refractivity contribution in [1.82, 2.24) is 9.61 Å². The third-order valence-electron chi connectivity index (χ3n) is 1.42. The highest BCUT2D eigenvalue weighted by Crippen LogP contribution is 1.95. The highest BCUT2D eigenvalue weighted by atomic mass is 79.9. The number of aromatic amines is 1. The summed E-state index contributed by atoms with van der Waals surface area (Å²) in [4.78, 5) is 11.3. The smallest absolute Gasteiger partial charge is 0.262 e. The molecular formula is C6H5BrN3O+. The predicted molar refractivity (Wildman–Crippen MR) is 41.4 cm³/mol. The molecule has 56 valence electrons. The van der Waals surface area contributed by atoms with Gasteiger partial charge in [-0.05, 0) is 15.9 Å². The van der Waals surface area contributed by atoms with E-state index in [0.717, 1.165) is 0 Å². The Bertz CT molecular complexity index is 444. The fraction of sp³-hybridized carbons (Fsp3) is 0. The highest BCUT2D eigenvalue weighted by Gasteiger charge is 2.05. The van der Waals surface area contributed by atoms with Gasteiger partial charge >= 0.3 is 5.56 Å². The topological polar surface area (TPSA) is 41.4 Å². The molecule has 0 atom stereocenters. The minimum absolute atomic E-state index is 0.0752. The Morgan fingerprint density at radius 2 is 2.45 bits per heavy atom. The molecule has 0 aliphatic rings. The van der Waals surface area contributed by atoms with E-state index in [2.05, 4.69) is 21.0 Å². The molecule has 2 aromatic heterocycles. The zero-order chi connectivity index (χ0) is 7.84. The Kier molecular flexibility index (Phi) is 1.32. The van der Waals surface area contributed by atoms with E-state index in [9.17, 15) is 4.79 Å². The van der Waals surface area contributed by atoms with Crippen LogP contribution in [0.4, 0.5) is 0 Å². The van der Waals surface area contributed by atoms with Crippen molar-refractivity contribution in [2.45, 2.75) is 0 Å². The van der Waals surface area contributed by atoms with Crippen LogP contribution in [0.25, 0.3) is 0 Å². The van der Waals surface area contributed by atoms with Crippen molar-refractivity contribution < 1.29 is 4.63 Å². The molecule has 0 aliphatic heterocycles. The van der Waals surface area contributed by atoms with Crippen LogP contribution in [0, 0.1) is 0 Å². The molecule has 0 saturated carbocycles. The monoisotopic (exact) mass is 214 g/mol. The van der Waals surface area contributed by atoms with Gasteiger partial charge in [0, 0.05) is 10.7 Å². The van der Waals surface area contributed by atoms with Crippen LogP contribution in [0.2, 0.25) is 0 Å². The van der Waals surface area contributed by atoms with Gasteiger partial charge in [-0.2, -0.15) is 0 Å². The number of halogens is 1. The summed E-state index contributed by atoms with van der Waals surface area (Å²) in [6.07, 6.45) is 5.04. The molecule has 2 heterocycles.